The number of nitrogens with zero attached hydrogens (tertiary/aromatic N) is 2. The van der Waals surface area contributed by atoms with Crippen molar-refractivity contribution in [3.63, 3.8) is 0 Å². The molecule has 2 heterocycles. The fourth-order valence-electron chi connectivity index (χ4n) is 2.55. The van der Waals surface area contributed by atoms with Crippen LogP contribution in [-0.4, -0.2) is 34.5 Å². The van der Waals surface area contributed by atoms with Crippen molar-refractivity contribution in [2.45, 2.75) is 45.6 Å². The molecule has 0 spiro atoms. The van der Waals surface area contributed by atoms with Gasteiger partial charge in [0.2, 0.25) is 5.91 Å². The van der Waals surface area contributed by atoms with Gasteiger partial charge in [0.15, 0.2) is 0 Å². The maximum absolute atomic E-state index is 12.6. The van der Waals surface area contributed by atoms with Crippen molar-refractivity contribution in [1.82, 2.24) is 20.8 Å². The number of aromatic nitrogens is 2. The van der Waals surface area contributed by atoms with E-state index in [2.05, 4.69) is 20.8 Å². The van der Waals surface area contributed by atoms with Gasteiger partial charge in [0, 0.05) is 18.2 Å². The summed E-state index contributed by atoms with van der Waals surface area (Å²) >= 11 is 0. The maximum Gasteiger partial charge on any atom is 0.259 e. The van der Waals surface area contributed by atoms with E-state index in [1.807, 2.05) is 6.92 Å². The predicted octanol–water partition coefficient (Wildman–Crippen LogP) is 1.66. The minimum absolute atomic E-state index is 0.212. The van der Waals surface area contributed by atoms with E-state index < -0.39 is 6.04 Å². The molecule has 2 aromatic rings. The van der Waals surface area contributed by atoms with Crippen LogP contribution in [-0.2, 0) is 4.79 Å². The summed E-state index contributed by atoms with van der Waals surface area (Å²) in [6.07, 6.45) is 2.14. The van der Waals surface area contributed by atoms with Crippen LogP contribution in [0.3, 0.4) is 0 Å². The minimum Gasteiger partial charge on any atom is -0.355 e. The maximum atomic E-state index is 12.6. The lowest BCUT2D eigenvalue weighted by atomic mass is 10.1. The predicted molar refractivity (Wildman–Crippen MR) is 84.1 cm³/mol. The van der Waals surface area contributed by atoms with Gasteiger partial charge >= 0.3 is 0 Å². The number of carbonyl (C=O) groups is 2. The van der Waals surface area contributed by atoms with E-state index >= 15 is 0 Å². The second kappa shape index (κ2) is 5.98. The Hall–Kier alpha value is -2.44. The van der Waals surface area contributed by atoms with Crippen molar-refractivity contribution in [2.75, 3.05) is 6.54 Å². The quantitative estimate of drug-likeness (QED) is 0.874. The molecule has 1 unspecified atom stereocenters. The third-order valence-electron chi connectivity index (χ3n) is 3.97. The SMILES string of the molecule is CCNC(=O)C(C)NC(=O)c1cc(C2CC2)nc2onc(C)c12. The summed E-state index contributed by atoms with van der Waals surface area (Å²) in [6.45, 7) is 5.79. The number of fused-ring (bicyclic) bond motifs is 1. The van der Waals surface area contributed by atoms with E-state index in [0.717, 1.165) is 18.5 Å². The average molecular weight is 316 g/mol. The third kappa shape index (κ3) is 3.04. The van der Waals surface area contributed by atoms with Gasteiger partial charge in [0.05, 0.1) is 16.6 Å². The average Bonchev–Trinajstić information content (AvgIpc) is 3.31. The van der Waals surface area contributed by atoms with Gasteiger partial charge in [-0.2, -0.15) is 0 Å². The molecular weight excluding hydrogens is 296 g/mol. The number of hydrogen-bond acceptors (Lipinski definition) is 5. The molecular formula is C16H20N4O3. The van der Waals surface area contributed by atoms with E-state index in [0.29, 0.717) is 34.8 Å². The molecule has 0 saturated heterocycles. The molecule has 1 aliphatic rings. The Morgan fingerprint density at radius 1 is 1.43 bits per heavy atom. The smallest absolute Gasteiger partial charge is 0.259 e. The normalized spacial score (nSPS) is 15.4. The highest BCUT2D eigenvalue weighted by atomic mass is 16.5. The van der Waals surface area contributed by atoms with Crippen molar-refractivity contribution >= 4 is 22.9 Å². The molecule has 23 heavy (non-hydrogen) atoms. The molecule has 3 rings (SSSR count). The van der Waals surface area contributed by atoms with Gasteiger partial charge in [-0.05, 0) is 39.7 Å². The van der Waals surface area contributed by atoms with Gasteiger partial charge in [-0.3, -0.25) is 9.59 Å². The zero-order valence-electron chi connectivity index (χ0n) is 13.5. The molecule has 0 aromatic carbocycles. The Morgan fingerprint density at radius 3 is 2.83 bits per heavy atom. The number of nitrogens with one attached hydrogen (secondary N) is 2. The molecule has 0 aliphatic heterocycles. The van der Waals surface area contributed by atoms with Crippen LogP contribution in [0.15, 0.2) is 10.6 Å². The lowest BCUT2D eigenvalue weighted by molar-refractivity contribution is -0.122. The number of rotatable bonds is 5. The Labute approximate surface area is 133 Å². The zero-order valence-corrected chi connectivity index (χ0v) is 13.5. The molecule has 1 saturated carbocycles. The molecule has 0 radical (unpaired) electrons. The fourth-order valence-corrected chi connectivity index (χ4v) is 2.55. The first kappa shape index (κ1) is 15.5. The van der Waals surface area contributed by atoms with E-state index in [-0.39, 0.29) is 11.8 Å². The number of hydrogen-bond donors (Lipinski definition) is 2. The summed E-state index contributed by atoms with van der Waals surface area (Å²) in [5.74, 6) is -0.142. The molecule has 1 fully saturated rings. The van der Waals surface area contributed by atoms with Crippen LogP contribution >= 0.6 is 0 Å². The van der Waals surface area contributed by atoms with Gasteiger partial charge in [-0.1, -0.05) is 5.16 Å². The van der Waals surface area contributed by atoms with Crippen molar-refractivity contribution in [2.24, 2.45) is 0 Å². The Balaban J connectivity index is 1.92. The molecule has 7 heteroatoms. The molecule has 2 aromatic heterocycles. The zero-order chi connectivity index (χ0) is 16.6. The molecule has 122 valence electrons. The first-order valence-corrected chi connectivity index (χ1v) is 7.86. The van der Waals surface area contributed by atoms with Crippen LogP contribution in [0.4, 0.5) is 0 Å². The van der Waals surface area contributed by atoms with Crippen molar-refractivity contribution < 1.29 is 14.1 Å². The fraction of sp³-hybridized carbons (Fsp3) is 0.500. The number of likely N-dealkylation sites (N-methyl/N-ethyl adjacent to an activating group) is 1. The number of amides is 2. The summed E-state index contributed by atoms with van der Waals surface area (Å²) in [5.41, 5.74) is 2.31. The van der Waals surface area contributed by atoms with Crippen LogP contribution in [0, 0.1) is 6.92 Å². The van der Waals surface area contributed by atoms with Crippen molar-refractivity contribution in [1.29, 1.82) is 0 Å². The van der Waals surface area contributed by atoms with E-state index in [4.69, 9.17) is 4.52 Å². The Bertz CT molecular complexity index is 764. The number of carbonyl (C=O) groups excluding carboxylic acids is 2. The first-order chi connectivity index (χ1) is 11.0. The standard InChI is InChI=1S/C16H20N4O3/c1-4-17-14(21)9(3)18-15(22)11-7-12(10-5-6-10)19-16-13(11)8(2)20-23-16/h7,9-10H,4-6H2,1-3H3,(H,17,21)(H,18,22). The number of aryl methyl sites for hydroxylation is 1. The largest absolute Gasteiger partial charge is 0.355 e. The summed E-state index contributed by atoms with van der Waals surface area (Å²) in [4.78, 5) is 28.9. The van der Waals surface area contributed by atoms with Crippen molar-refractivity contribution in [3.05, 3.63) is 23.0 Å². The molecule has 1 atom stereocenters. The first-order valence-electron chi connectivity index (χ1n) is 7.86. The lowest BCUT2D eigenvalue weighted by Gasteiger charge is -2.14. The molecule has 2 N–H and O–H groups in total. The highest BCUT2D eigenvalue weighted by Crippen LogP contribution is 2.40. The minimum atomic E-state index is -0.616. The van der Waals surface area contributed by atoms with E-state index in [1.165, 1.54) is 0 Å². The summed E-state index contributed by atoms with van der Waals surface area (Å²) in [7, 11) is 0. The van der Waals surface area contributed by atoms with E-state index in [9.17, 15) is 9.59 Å². The second-order valence-corrected chi connectivity index (χ2v) is 5.91. The monoisotopic (exact) mass is 316 g/mol. The van der Waals surface area contributed by atoms with Gasteiger partial charge in [0.25, 0.3) is 11.6 Å². The van der Waals surface area contributed by atoms with Crippen LogP contribution in [0.5, 0.6) is 0 Å². The number of pyridine rings is 1. The Morgan fingerprint density at radius 2 is 2.17 bits per heavy atom. The summed E-state index contributed by atoms with van der Waals surface area (Å²) in [6, 6.07) is 1.18. The second-order valence-electron chi connectivity index (χ2n) is 5.91. The highest BCUT2D eigenvalue weighted by molar-refractivity contribution is 6.07. The van der Waals surface area contributed by atoms with Gasteiger partial charge in [-0.25, -0.2) is 4.98 Å². The van der Waals surface area contributed by atoms with Crippen LogP contribution in [0.25, 0.3) is 11.1 Å². The molecule has 0 bridgehead atoms. The third-order valence-corrected chi connectivity index (χ3v) is 3.97. The van der Waals surface area contributed by atoms with E-state index in [1.54, 1.807) is 19.9 Å². The van der Waals surface area contributed by atoms with Crippen LogP contribution in [0.1, 0.15) is 54.4 Å². The summed E-state index contributed by atoms with van der Waals surface area (Å²) in [5, 5.41) is 9.93. The molecule has 1 aliphatic carbocycles. The highest BCUT2D eigenvalue weighted by Gasteiger charge is 2.29. The van der Waals surface area contributed by atoms with Gasteiger partial charge in [0.1, 0.15) is 6.04 Å². The summed E-state index contributed by atoms with van der Waals surface area (Å²) < 4.78 is 5.23. The Kier molecular flexibility index (Phi) is 4.02. The molecule has 2 amide bonds. The van der Waals surface area contributed by atoms with Crippen LogP contribution < -0.4 is 10.6 Å². The lowest BCUT2D eigenvalue weighted by Crippen LogP contribution is -2.44. The van der Waals surface area contributed by atoms with Crippen LogP contribution in [0.2, 0.25) is 0 Å². The van der Waals surface area contributed by atoms with Crippen molar-refractivity contribution in [3.8, 4) is 0 Å². The van der Waals surface area contributed by atoms with Gasteiger partial charge in [-0.15, -0.1) is 0 Å². The topological polar surface area (TPSA) is 97.1 Å². The molecule has 7 nitrogen and oxygen atoms in total. The van der Waals surface area contributed by atoms with Gasteiger partial charge < -0.3 is 15.2 Å².